The van der Waals surface area contributed by atoms with Crippen molar-refractivity contribution in [2.45, 2.75) is 18.7 Å². The fourth-order valence-electron chi connectivity index (χ4n) is 3.46. The van der Waals surface area contributed by atoms with Crippen LogP contribution in [0.15, 0.2) is 65.6 Å². The predicted octanol–water partition coefficient (Wildman–Crippen LogP) is 4.05. The number of anilines is 3. The van der Waals surface area contributed by atoms with Crippen LogP contribution in [-0.2, 0) is 14.8 Å². The molecule has 0 atom stereocenters. The number of amides is 2. The van der Waals surface area contributed by atoms with Gasteiger partial charge in [-0.3, -0.25) is 13.9 Å². The molecule has 0 aliphatic heterocycles. The number of carbonyl (C=O) groups excluding carboxylic acids is 2. The number of carbonyl (C=O) groups is 2. The second-order valence-corrected chi connectivity index (χ2v) is 9.64. The molecule has 35 heavy (non-hydrogen) atoms. The number of ether oxygens (including phenoxy) is 2. The van der Waals surface area contributed by atoms with Gasteiger partial charge in [0, 0.05) is 25.2 Å². The second-order valence-electron chi connectivity index (χ2n) is 7.67. The average molecular weight is 498 g/mol. The molecule has 0 fully saturated rings. The van der Waals surface area contributed by atoms with E-state index in [1.807, 2.05) is 0 Å². The van der Waals surface area contributed by atoms with Crippen molar-refractivity contribution in [2.75, 3.05) is 36.2 Å². The Morgan fingerprint density at radius 2 is 1.57 bits per heavy atom. The van der Waals surface area contributed by atoms with Crippen LogP contribution in [0.3, 0.4) is 0 Å². The molecule has 3 aromatic rings. The van der Waals surface area contributed by atoms with Gasteiger partial charge < -0.3 is 20.1 Å². The van der Waals surface area contributed by atoms with E-state index in [-0.39, 0.29) is 16.4 Å². The van der Waals surface area contributed by atoms with Crippen LogP contribution in [0.25, 0.3) is 0 Å². The lowest BCUT2D eigenvalue weighted by molar-refractivity contribution is -0.114. The van der Waals surface area contributed by atoms with E-state index in [0.717, 1.165) is 4.31 Å². The molecule has 0 saturated carbocycles. The van der Waals surface area contributed by atoms with E-state index < -0.39 is 15.9 Å². The van der Waals surface area contributed by atoms with Gasteiger partial charge >= 0.3 is 0 Å². The molecule has 0 aliphatic carbocycles. The predicted molar refractivity (Wildman–Crippen MR) is 135 cm³/mol. The number of hydrogen-bond acceptors (Lipinski definition) is 6. The van der Waals surface area contributed by atoms with Crippen molar-refractivity contribution in [1.29, 1.82) is 0 Å². The highest BCUT2D eigenvalue weighted by Gasteiger charge is 2.25. The van der Waals surface area contributed by atoms with E-state index in [1.165, 1.54) is 40.3 Å². The first-order valence-electron chi connectivity index (χ1n) is 10.6. The lowest BCUT2D eigenvalue weighted by atomic mass is 10.1. The summed E-state index contributed by atoms with van der Waals surface area (Å²) in [5.74, 6) is -0.0160. The van der Waals surface area contributed by atoms with Crippen molar-refractivity contribution >= 4 is 38.9 Å². The normalized spacial score (nSPS) is 10.9. The Kier molecular flexibility index (Phi) is 7.65. The van der Waals surface area contributed by atoms with Gasteiger partial charge in [-0.05, 0) is 55.0 Å². The van der Waals surface area contributed by atoms with Crippen molar-refractivity contribution in [3.05, 3.63) is 71.8 Å². The first kappa shape index (κ1) is 25.6. The summed E-state index contributed by atoms with van der Waals surface area (Å²) < 4.78 is 38.5. The van der Waals surface area contributed by atoms with Gasteiger partial charge in [-0.15, -0.1) is 0 Å². The summed E-state index contributed by atoms with van der Waals surface area (Å²) in [5.41, 5.74) is 1.91. The minimum absolute atomic E-state index is 0.0550. The summed E-state index contributed by atoms with van der Waals surface area (Å²) in [6.07, 6.45) is 0. The van der Waals surface area contributed by atoms with Gasteiger partial charge in [0.05, 0.1) is 30.5 Å². The third kappa shape index (κ3) is 5.55. The number of nitrogens with one attached hydrogen (secondary N) is 2. The Balaban J connectivity index is 1.96. The van der Waals surface area contributed by atoms with Gasteiger partial charge in [-0.25, -0.2) is 8.42 Å². The molecule has 0 saturated heterocycles. The number of sulfonamides is 1. The fourth-order valence-corrected chi connectivity index (χ4v) is 4.69. The SMILES string of the molecule is COc1ccc(NC(C)=O)cc1NC(=O)c1cc(S(=O)(=O)N(C)c2ccccc2OC)ccc1C. The third-order valence-electron chi connectivity index (χ3n) is 5.30. The van der Waals surface area contributed by atoms with Gasteiger partial charge in [0.25, 0.3) is 15.9 Å². The zero-order valence-corrected chi connectivity index (χ0v) is 20.9. The number of aryl methyl sites for hydroxylation is 1. The molecule has 0 heterocycles. The topological polar surface area (TPSA) is 114 Å². The van der Waals surface area contributed by atoms with Gasteiger partial charge in [0.15, 0.2) is 0 Å². The quantitative estimate of drug-likeness (QED) is 0.485. The zero-order chi connectivity index (χ0) is 25.8. The number of nitrogens with zero attached hydrogens (tertiary/aromatic N) is 1. The number of rotatable bonds is 8. The standard InChI is InChI=1S/C25H27N3O6S/c1-16-10-12-19(35(31,32)28(3)22-8-6-7-9-24(22)34-5)15-20(16)25(30)27-21-14-18(26-17(2)29)11-13-23(21)33-4/h6-15H,1-5H3,(H,26,29)(H,27,30). The maximum Gasteiger partial charge on any atom is 0.264 e. The van der Waals surface area contributed by atoms with E-state index in [0.29, 0.717) is 34.1 Å². The molecule has 2 amide bonds. The summed E-state index contributed by atoms with van der Waals surface area (Å²) in [6.45, 7) is 3.08. The van der Waals surface area contributed by atoms with Gasteiger partial charge in [0.2, 0.25) is 5.91 Å². The first-order chi connectivity index (χ1) is 16.6. The van der Waals surface area contributed by atoms with Crippen LogP contribution in [0.4, 0.5) is 17.1 Å². The summed E-state index contributed by atoms with van der Waals surface area (Å²) in [6, 6.07) is 15.9. The van der Waals surface area contributed by atoms with Crippen LogP contribution >= 0.6 is 0 Å². The molecule has 2 N–H and O–H groups in total. The van der Waals surface area contributed by atoms with Crippen molar-refractivity contribution in [3.63, 3.8) is 0 Å². The van der Waals surface area contributed by atoms with Crippen molar-refractivity contribution in [3.8, 4) is 11.5 Å². The summed E-state index contributed by atoms with van der Waals surface area (Å²) in [5, 5.41) is 5.39. The van der Waals surface area contributed by atoms with Crippen LogP contribution in [0.1, 0.15) is 22.8 Å². The van der Waals surface area contributed by atoms with E-state index >= 15 is 0 Å². The number of hydrogen-bond donors (Lipinski definition) is 2. The minimum atomic E-state index is -4.00. The summed E-state index contributed by atoms with van der Waals surface area (Å²) in [4.78, 5) is 24.5. The summed E-state index contributed by atoms with van der Waals surface area (Å²) >= 11 is 0. The van der Waals surface area contributed by atoms with Crippen LogP contribution in [0.5, 0.6) is 11.5 Å². The Morgan fingerprint density at radius 1 is 0.886 bits per heavy atom. The molecule has 184 valence electrons. The Bertz CT molecular complexity index is 1370. The molecular formula is C25H27N3O6S. The van der Waals surface area contributed by atoms with Crippen LogP contribution in [0, 0.1) is 6.92 Å². The van der Waals surface area contributed by atoms with Crippen LogP contribution < -0.4 is 24.4 Å². The van der Waals surface area contributed by atoms with Crippen molar-refractivity contribution < 1.29 is 27.5 Å². The van der Waals surface area contributed by atoms with Gasteiger partial charge in [0.1, 0.15) is 11.5 Å². The van der Waals surface area contributed by atoms with E-state index in [4.69, 9.17) is 9.47 Å². The zero-order valence-electron chi connectivity index (χ0n) is 20.1. The van der Waals surface area contributed by atoms with E-state index in [1.54, 1.807) is 55.5 Å². The lowest BCUT2D eigenvalue weighted by Gasteiger charge is -2.22. The highest BCUT2D eigenvalue weighted by molar-refractivity contribution is 7.92. The molecule has 9 nitrogen and oxygen atoms in total. The molecule has 0 unspecified atom stereocenters. The van der Waals surface area contributed by atoms with Gasteiger partial charge in [-0.2, -0.15) is 0 Å². The van der Waals surface area contributed by atoms with Gasteiger partial charge in [-0.1, -0.05) is 18.2 Å². The maximum atomic E-state index is 13.4. The average Bonchev–Trinajstić information content (AvgIpc) is 2.83. The van der Waals surface area contributed by atoms with Crippen LogP contribution in [-0.4, -0.2) is 41.5 Å². The van der Waals surface area contributed by atoms with Crippen molar-refractivity contribution in [2.24, 2.45) is 0 Å². The van der Waals surface area contributed by atoms with Crippen molar-refractivity contribution in [1.82, 2.24) is 0 Å². The number of methoxy groups -OCH3 is 2. The minimum Gasteiger partial charge on any atom is -0.495 e. The molecular weight excluding hydrogens is 470 g/mol. The van der Waals surface area contributed by atoms with E-state index in [9.17, 15) is 18.0 Å². The second kappa shape index (κ2) is 10.5. The Hall–Kier alpha value is -4.05. The molecule has 0 aromatic heterocycles. The van der Waals surface area contributed by atoms with E-state index in [2.05, 4.69) is 10.6 Å². The Morgan fingerprint density at radius 3 is 2.23 bits per heavy atom. The highest BCUT2D eigenvalue weighted by atomic mass is 32.2. The number of benzene rings is 3. The maximum absolute atomic E-state index is 13.4. The van der Waals surface area contributed by atoms with Crippen LogP contribution in [0.2, 0.25) is 0 Å². The Labute approximate surface area is 204 Å². The largest absolute Gasteiger partial charge is 0.495 e. The monoisotopic (exact) mass is 497 g/mol. The fraction of sp³-hybridized carbons (Fsp3) is 0.200. The first-order valence-corrected chi connectivity index (χ1v) is 12.0. The molecule has 3 rings (SSSR count). The molecule has 3 aromatic carbocycles. The molecule has 0 bridgehead atoms. The highest BCUT2D eigenvalue weighted by Crippen LogP contribution is 2.32. The molecule has 0 spiro atoms. The smallest absolute Gasteiger partial charge is 0.264 e. The molecule has 0 radical (unpaired) electrons. The molecule has 0 aliphatic rings. The number of para-hydroxylation sites is 2. The summed E-state index contributed by atoms with van der Waals surface area (Å²) in [7, 11) is 0.334. The molecule has 10 heteroatoms. The third-order valence-corrected chi connectivity index (χ3v) is 7.07. The lowest BCUT2D eigenvalue weighted by Crippen LogP contribution is -2.27.